The van der Waals surface area contributed by atoms with Crippen molar-refractivity contribution in [1.82, 2.24) is 9.78 Å². The predicted octanol–water partition coefficient (Wildman–Crippen LogP) is 2.75. The highest BCUT2D eigenvalue weighted by Gasteiger charge is 2.34. The van der Waals surface area contributed by atoms with Crippen molar-refractivity contribution in [3.05, 3.63) is 15.8 Å². The first-order valence-corrected chi connectivity index (χ1v) is 6.39. The Morgan fingerprint density at radius 3 is 2.67 bits per heavy atom. The summed E-state index contributed by atoms with van der Waals surface area (Å²) in [6, 6.07) is 0.108. The van der Waals surface area contributed by atoms with Crippen LogP contribution in [0.25, 0.3) is 0 Å². The van der Waals surface area contributed by atoms with Crippen molar-refractivity contribution in [2.75, 3.05) is 11.9 Å². The second kappa shape index (κ2) is 4.59. The van der Waals surface area contributed by atoms with Crippen molar-refractivity contribution in [2.45, 2.75) is 40.2 Å². The van der Waals surface area contributed by atoms with E-state index in [-0.39, 0.29) is 16.7 Å². The maximum Gasteiger partial charge on any atom is 0.333 e. The van der Waals surface area contributed by atoms with Gasteiger partial charge in [-0.25, -0.2) is 4.68 Å². The zero-order valence-electron chi connectivity index (χ0n) is 11.3. The number of nitro groups is 1. The molecule has 0 saturated heterocycles. The topological polar surface area (TPSA) is 73.0 Å². The molecule has 0 aliphatic heterocycles. The molecule has 18 heavy (non-hydrogen) atoms. The quantitative estimate of drug-likeness (QED) is 0.646. The lowest BCUT2D eigenvalue weighted by Gasteiger charge is -2.11. The van der Waals surface area contributed by atoms with Crippen LogP contribution in [0.15, 0.2) is 0 Å². The van der Waals surface area contributed by atoms with Gasteiger partial charge in [0.15, 0.2) is 0 Å². The summed E-state index contributed by atoms with van der Waals surface area (Å²) in [5.41, 5.74) is 0.581. The number of anilines is 1. The Hall–Kier alpha value is -1.59. The van der Waals surface area contributed by atoms with Gasteiger partial charge in [-0.3, -0.25) is 10.1 Å². The summed E-state index contributed by atoms with van der Waals surface area (Å²) < 4.78 is 1.71. The van der Waals surface area contributed by atoms with E-state index < -0.39 is 0 Å². The zero-order valence-corrected chi connectivity index (χ0v) is 11.3. The van der Waals surface area contributed by atoms with Crippen LogP contribution in [0, 0.1) is 28.9 Å². The number of aryl methyl sites for hydroxylation is 1. The average Bonchev–Trinajstić information content (AvgIpc) is 2.84. The smallest absolute Gasteiger partial charge is 0.333 e. The van der Waals surface area contributed by atoms with Crippen LogP contribution in [0.1, 0.15) is 38.9 Å². The minimum absolute atomic E-state index is 0.108. The fourth-order valence-electron chi connectivity index (χ4n) is 2.21. The lowest BCUT2D eigenvalue weighted by Crippen LogP contribution is -2.13. The van der Waals surface area contributed by atoms with E-state index in [1.54, 1.807) is 11.6 Å². The fourth-order valence-corrected chi connectivity index (χ4v) is 2.21. The van der Waals surface area contributed by atoms with Crippen LogP contribution in [0.3, 0.4) is 0 Å². The zero-order chi connectivity index (χ0) is 13.4. The Labute approximate surface area is 107 Å². The fraction of sp³-hybridized carbons (Fsp3) is 0.750. The molecule has 1 aromatic rings. The molecule has 2 unspecified atom stereocenters. The van der Waals surface area contributed by atoms with Crippen LogP contribution in [-0.2, 0) is 0 Å². The molecule has 2 atom stereocenters. The van der Waals surface area contributed by atoms with Crippen molar-refractivity contribution in [3.63, 3.8) is 0 Å². The van der Waals surface area contributed by atoms with Crippen LogP contribution < -0.4 is 5.32 Å². The summed E-state index contributed by atoms with van der Waals surface area (Å²) in [6.45, 7) is 8.62. The third kappa shape index (κ3) is 2.32. The second-order valence-electron chi connectivity index (χ2n) is 5.43. The molecular weight excluding hydrogens is 232 g/mol. The predicted molar refractivity (Wildman–Crippen MR) is 69.8 cm³/mol. The number of nitrogens with one attached hydrogen (secondary N) is 1. The number of rotatable bonds is 5. The number of hydrogen-bond donors (Lipinski definition) is 1. The van der Waals surface area contributed by atoms with Crippen LogP contribution in [0.5, 0.6) is 0 Å². The third-order valence-corrected chi connectivity index (χ3v) is 3.53. The molecule has 0 aromatic carbocycles. The molecule has 1 heterocycles. The van der Waals surface area contributed by atoms with Gasteiger partial charge in [0.05, 0.1) is 4.92 Å². The molecule has 6 heteroatoms. The van der Waals surface area contributed by atoms with E-state index >= 15 is 0 Å². The molecule has 0 radical (unpaired) electrons. The Kier molecular flexibility index (Phi) is 3.28. The van der Waals surface area contributed by atoms with Crippen LogP contribution in [0.4, 0.5) is 11.5 Å². The van der Waals surface area contributed by atoms with E-state index in [2.05, 4.69) is 17.3 Å². The van der Waals surface area contributed by atoms with Gasteiger partial charge in [-0.05, 0) is 39.0 Å². The standard InChI is InChI=1S/C12H20N4O2/c1-7(2)15-12(13-6-10-5-8(10)3)11(16(17)18)9(4)14-15/h7-8,10,13H,5-6H2,1-4H3. The van der Waals surface area contributed by atoms with Gasteiger partial charge < -0.3 is 5.32 Å². The van der Waals surface area contributed by atoms with Gasteiger partial charge in [0, 0.05) is 12.6 Å². The highest BCUT2D eigenvalue weighted by Crippen LogP contribution is 2.39. The summed E-state index contributed by atoms with van der Waals surface area (Å²) in [7, 11) is 0. The molecule has 0 amide bonds. The van der Waals surface area contributed by atoms with Crippen molar-refractivity contribution in [3.8, 4) is 0 Å². The van der Waals surface area contributed by atoms with Crippen LogP contribution >= 0.6 is 0 Å². The molecule has 1 aliphatic carbocycles. The number of hydrogen-bond acceptors (Lipinski definition) is 4. The molecular formula is C12H20N4O2. The average molecular weight is 252 g/mol. The molecule has 2 rings (SSSR count). The summed E-state index contributed by atoms with van der Waals surface area (Å²) in [4.78, 5) is 10.8. The summed E-state index contributed by atoms with van der Waals surface area (Å²) in [5, 5.41) is 18.6. The van der Waals surface area contributed by atoms with Crippen LogP contribution in [0.2, 0.25) is 0 Å². The molecule has 1 aliphatic rings. The van der Waals surface area contributed by atoms with E-state index in [9.17, 15) is 10.1 Å². The van der Waals surface area contributed by atoms with Gasteiger partial charge in [0.2, 0.25) is 5.82 Å². The Morgan fingerprint density at radius 1 is 1.61 bits per heavy atom. The third-order valence-electron chi connectivity index (χ3n) is 3.53. The summed E-state index contributed by atoms with van der Waals surface area (Å²) >= 11 is 0. The molecule has 100 valence electrons. The Balaban J connectivity index is 2.25. The highest BCUT2D eigenvalue weighted by molar-refractivity contribution is 5.59. The lowest BCUT2D eigenvalue weighted by atomic mass is 10.3. The Morgan fingerprint density at radius 2 is 2.22 bits per heavy atom. The van der Waals surface area contributed by atoms with E-state index in [0.717, 1.165) is 12.5 Å². The van der Waals surface area contributed by atoms with E-state index in [4.69, 9.17) is 0 Å². The number of aromatic nitrogens is 2. The van der Waals surface area contributed by atoms with Crippen molar-refractivity contribution in [2.24, 2.45) is 11.8 Å². The molecule has 6 nitrogen and oxygen atoms in total. The highest BCUT2D eigenvalue weighted by atomic mass is 16.6. The van der Waals surface area contributed by atoms with Crippen LogP contribution in [-0.4, -0.2) is 21.2 Å². The van der Waals surface area contributed by atoms with Gasteiger partial charge in [0.25, 0.3) is 0 Å². The maximum atomic E-state index is 11.1. The molecule has 1 N–H and O–H groups in total. The van der Waals surface area contributed by atoms with Gasteiger partial charge in [-0.2, -0.15) is 5.10 Å². The van der Waals surface area contributed by atoms with Gasteiger partial charge in [0.1, 0.15) is 5.69 Å². The molecule has 1 fully saturated rings. The summed E-state index contributed by atoms with van der Waals surface area (Å²) in [5.74, 6) is 1.92. The molecule has 1 saturated carbocycles. The van der Waals surface area contributed by atoms with E-state index in [0.29, 0.717) is 17.4 Å². The molecule has 0 bridgehead atoms. The minimum Gasteiger partial charge on any atom is -0.364 e. The number of nitrogens with zero attached hydrogens (tertiary/aromatic N) is 3. The van der Waals surface area contributed by atoms with E-state index in [1.165, 1.54) is 6.42 Å². The SMILES string of the molecule is Cc1nn(C(C)C)c(NCC2CC2C)c1[N+](=O)[O-]. The normalized spacial score (nSPS) is 22.3. The van der Waals surface area contributed by atoms with Crippen molar-refractivity contribution in [1.29, 1.82) is 0 Å². The molecule has 1 aromatic heterocycles. The van der Waals surface area contributed by atoms with E-state index in [1.807, 2.05) is 13.8 Å². The largest absolute Gasteiger partial charge is 0.364 e. The van der Waals surface area contributed by atoms with Gasteiger partial charge in [-0.1, -0.05) is 6.92 Å². The van der Waals surface area contributed by atoms with Crippen molar-refractivity contribution >= 4 is 11.5 Å². The lowest BCUT2D eigenvalue weighted by molar-refractivity contribution is -0.384. The second-order valence-corrected chi connectivity index (χ2v) is 5.43. The van der Waals surface area contributed by atoms with Gasteiger partial charge >= 0.3 is 5.69 Å². The first-order valence-electron chi connectivity index (χ1n) is 6.39. The molecule has 0 spiro atoms. The maximum absolute atomic E-state index is 11.1. The van der Waals surface area contributed by atoms with Crippen molar-refractivity contribution < 1.29 is 4.92 Å². The van der Waals surface area contributed by atoms with Gasteiger partial charge in [-0.15, -0.1) is 0 Å². The Bertz CT molecular complexity index is 467. The monoisotopic (exact) mass is 252 g/mol. The first kappa shape index (κ1) is 12.9. The minimum atomic E-state index is -0.347. The first-order chi connectivity index (χ1) is 8.41. The summed E-state index contributed by atoms with van der Waals surface area (Å²) in [6.07, 6.45) is 1.20.